The van der Waals surface area contributed by atoms with E-state index in [0.717, 1.165) is 32.1 Å². The molecule has 0 aromatic carbocycles. The number of rotatable bonds is 6. The standard InChI is InChI=1S/C17H30O4/c1-3-13(2)15(18)21-12-14(16(19)8-4-5-9-16)17(20)10-6-7-11-17/h13-14,19-20H,3-12H2,1-2H3. The highest BCUT2D eigenvalue weighted by molar-refractivity contribution is 5.71. The number of carbonyl (C=O) groups is 1. The van der Waals surface area contributed by atoms with Crippen LogP contribution in [0.5, 0.6) is 0 Å². The molecule has 0 spiro atoms. The van der Waals surface area contributed by atoms with Crippen LogP contribution in [0.25, 0.3) is 0 Å². The normalized spacial score (nSPS) is 25.2. The molecular weight excluding hydrogens is 268 g/mol. The maximum Gasteiger partial charge on any atom is 0.308 e. The van der Waals surface area contributed by atoms with Crippen LogP contribution in [0.3, 0.4) is 0 Å². The minimum absolute atomic E-state index is 0.123. The fourth-order valence-corrected chi connectivity index (χ4v) is 3.96. The molecule has 4 heteroatoms. The van der Waals surface area contributed by atoms with Crippen molar-refractivity contribution in [1.29, 1.82) is 0 Å². The maximum atomic E-state index is 11.9. The van der Waals surface area contributed by atoms with Crippen molar-refractivity contribution in [2.75, 3.05) is 6.61 Å². The first-order valence-electron chi connectivity index (χ1n) is 8.53. The largest absolute Gasteiger partial charge is 0.465 e. The van der Waals surface area contributed by atoms with Crippen molar-refractivity contribution in [1.82, 2.24) is 0 Å². The van der Waals surface area contributed by atoms with Gasteiger partial charge in [0, 0.05) is 0 Å². The van der Waals surface area contributed by atoms with Gasteiger partial charge in [0.05, 0.1) is 29.6 Å². The molecule has 4 nitrogen and oxygen atoms in total. The quantitative estimate of drug-likeness (QED) is 0.740. The van der Waals surface area contributed by atoms with E-state index in [9.17, 15) is 15.0 Å². The zero-order chi connectivity index (χ0) is 15.5. The first-order chi connectivity index (χ1) is 9.91. The van der Waals surface area contributed by atoms with E-state index in [4.69, 9.17) is 4.74 Å². The Kier molecular flexibility index (Phi) is 5.31. The molecule has 2 aliphatic rings. The first kappa shape index (κ1) is 16.8. The Bertz CT molecular complexity index is 332. The van der Waals surface area contributed by atoms with Gasteiger partial charge in [-0.25, -0.2) is 0 Å². The Morgan fingerprint density at radius 3 is 1.86 bits per heavy atom. The highest BCUT2D eigenvalue weighted by Crippen LogP contribution is 2.47. The summed E-state index contributed by atoms with van der Waals surface area (Å²) in [5.41, 5.74) is -1.73. The van der Waals surface area contributed by atoms with E-state index in [1.165, 1.54) is 0 Å². The van der Waals surface area contributed by atoms with Crippen molar-refractivity contribution < 1.29 is 19.7 Å². The Morgan fingerprint density at radius 2 is 1.48 bits per heavy atom. The van der Waals surface area contributed by atoms with Crippen LogP contribution >= 0.6 is 0 Å². The number of aliphatic hydroxyl groups is 2. The molecule has 0 amide bonds. The van der Waals surface area contributed by atoms with Gasteiger partial charge in [-0.3, -0.25) is 4.79 Å². The summed E-state index contributed by atoms with van der Waals surface area (Å²) in [6, 6.07) is 0. The van der Waals surface area contributed by atoms with Crippen molar-refractivity contribution >= 4 is 5.97 Å². The van der Waals surface area contributed by atoms with Crippen molar-refractivity contribution in [2.45, 2.75) is 82.8 Å². The van der Waals surface area contributed by atoms with Gasteiger partial charge in [0.15, 0.2) is 0 Å². The van der Waals surface area contributed by atoms with E-state index >= 15 is 0 Å². The molecule has 2 rings (SSSR count). The monoisotopic (exact) mass is 298 g/mol. The minimum atomic E-state index is -0.866. The van der Waals surface area contributed by atoms with Gasteiger partial charge in [0.25, 0.3) is 0 Å². The summed E-state index contributed by atoms with van der Waals surface area (Å²) in [4.78, 5) is 11.9. The second kappa shape index (κ2) is 6.66. The Labute approximate surface area is 127 Å². The molecule has 2 fully saturated rings. The zero-order valence-electron chi connectivity index (χ0n) is 13.4. The van der Waals surface area contributed by atoms with Crippen LogP contribution in [0, 0.1) is 11.8 Å². The van der Waals surface area contributed by atoms with E-state index < -0.39 is 11.2 Å². The molecule has 0 aromatic heterocycles. The fraction of sp³-hybridized carbons (Fsp3) is 0.941. The van der Waals surface area contributed by atoms with Crippen molar-refractivity contribution in [3.05, 3.63) is 0 Å². The molecule has 0 heterocycles. The average Bonchev–Trinajstić information content (AvgIpc) is 3.08. The second-order valence-corrected chi connectivity index (χ2v) is 7.11. The van der Waals surface area contributed by atoms with Crippen LogP contribution in [0.4, 0.5) is 0 Å². The third kappa shape index (κ3) is 3.59. The van der Waals surface area contributed by atoms with Gasteiger partial charge in [0.2, 0.25) is 0 Å². The number of hydrogen-bond donors (Lipinski definition) is 2. The zero-order valence-corrected chi connectivity index (χ0v) is 13.4. The fourth-order valence-electron chi connectivity index (χ4n) is 3.96. The summed E-state index contributed by atoms with van der Waals surface area (Å²) in [5, 5.41) is 21.9. The van der Waals surface area contributed by atoms with Gasteiger partial charge in [-0.15, -0.1) is 0 Å². The highest BCUT2D eigenvalue weighted by Gasteiger charge is 2.52. The van der Waals surface area contributed by atoms with Crippen molar-refractivity contribution in [2.24, 2.45) is 11.8 Å². The molecule has 21 heavy (non-hydrogen) atoms. The molecule has 122 valence electrons. The smallest absolute Gasteiger partial charge is 0.308 e. The lowest BCUT2D eigenvalue weighted by molar-refractivity contribution is -0.168. The Morgan fingerprint density at radius 1 is 1.05 bits per heavy atom. The van der Waals surface area contributed by atoms with Crippen LogP contribution in [0.15, 0.2) is 0 Å². The van der Waals surface area contributed by atoms with E-state index in [1.807, 2.05) is 13.8 Å². The molecule has 1 atom stereocenters. The van der Waals surface area contributed by atoms with Crippen LogP contribution in [-0.4, -0.2) is 34.0 Å². The lowest BCUT2D eigenvalue weighted by Crippen LogP contribution is -2.52. The summed E-state index contributed by atoms with van der Waals surface area (Å²) in [6.07, 6.45) is 7.54. The van der Waals surface area contributed by atoms with Gasteiger partial charge in [-0.1, -0.05) is 39.5 Å². The third-order valence-corrected chi connectivity index (χ3v) is 5.64. The minimum Gasteiger partial charge on any atom is -0.465 e. The predicted molar refractivity (Wildman–Crippen MR) is 80.7 cm³/mol. The van der Waals surface area contributed by atoms with Gasteiger partial charge >= 0.3 is 5.97 Å². The van der Waals surface area contributed by atoms with Gasteiger partial charge in [-0.2, -0.15) is 0 Å². The lowest BCUT2D eigenvalue weighted by atomic mass is 9.73. The SMILES string of the molecule is CCC(C)C(=O)OCC(C1(O)CCCC1)C1(O)CCCC1. The molecule has 2 aliphatic carbocycles. The summed E-state index contributed by atoms with van der Waals surface area (Å²) in [7, 11) is 0. The van der Waals surface area contributed by atoms with Crippen LogP contribution in [0.1, 0.15) is 71.6 Å². The van der Waals surface area contributed by atoms with Gasteiger partial charge < -0.3 is 14.9 Å². The Hall–Kier alpha value is -0.610. The highest BCUT2D eigenvalue weighted by atomic mass is 16.5. The van der Waals surface area contributed by atoms with E-state index in [0.29, 0.717) is 25.7 Å². The van der Waals surface area contributed by atoms with Gasteiger partial charge in [-0.05, 0) is 32.1 Å². The molecule has 0 aromatic rings. The van der Waals surface area contributed by atoms with Crippen LogP contribution < -0.4 is 0 Å². The van der Waals surface area contributed by atoms with E-state index in [2.05, 4.69) is 0 Å². The second-order valence-electron chi connectivity index (χ2n) is 7.11. The molecule has 1 unspecified atom stereocenters. The number of ether oxygens (including phenoxy) is 1. The maximum absolute atomic E-state index is 11.9. The Balaban J connectivity index is 2.07. The number of esters is 1. The molecule has 0 saturated heterocycles. The van der Waals surface area contributed by atoms with Crippen molar-refractivity contribution in [3.63, 3.8) is 0 Å². The predicted octanol–water partition coefficient (Wildman–Crippen LogP) is 2.80. The first-order valence-corrected chi connectivity index (χ1v) is 8.53. The molecule has 2 N–H and O–H groups in total. The molecule has 0 aliphatic heterocycles. The summed E-state index contributed by atoms with van der Waals surface area (Å²) in [5.74, 6) is -0.684. The topological polar surface area (TPSA) is 66.8 Å². The summed E-state index contributed by atoms with van der Waals surface area (Å²) in [6.45, 7) is 3.96. The number of hydrogen-bond acceptors (Lipinski definition) is 4. The van der Waals surface area contributed by atoms with Gasteiger partial charge in [0.1, 0.15) is 0 Å². The summed E-state index contributed by atoms with van der Waals surface area (Å²) < 4.78 is 5.45. The van der Waals surface area contributed by atoms with E-state index in [-0.39, 0.29) is 24.4 Å². The van der Waals surface area contributed by atoms with Crippen molar-refractivity contribution in [3.8, 4) is 0 Å². The average molecular weight is 298 g/mol. The van der Waals surface area contributed by atoms with Crippen LogP contribution in [0.2, 0.25) is 0 Å². The van der Waals surface area contributed by atoms with Crippen LogP contribution in [-0.2, 0) is 9.53 Å². The molecule has 0 radical (unpaired) electrons. The molecular formula is C17H30O4. The number of carbonyl (C=O) groups excluding carboxylic acids is 1. The molecule has 2 saturated carbocycles. The third-order valence-electron chi connectivity index (χ3n) is 5.64. The molecule has 0 bridgehead atoms. The summed E-state index contributed by atoms with van der Waals surface area (Å²) >= 11 is 0. The van der Waals surface area contributed by atoms with E-state index in [1.54, 1.807) is 0 Å². The lowest BCUT2D eigenvalue weighted by Gasteiger charge is -2.42.